The van der Waals surface area contributed by atoms with Gasteiger partial charge in [-0.05, 0) is 31.9 Å². The summed E-state index contributed by atoms with van der Waals surface area (Å²) in [5.74, 6) is 0.715. The summed E-state index contributed by atoms with van der Waals surface area (Å²) in [6, 6.07) is 9.39. The maximum absolute atomic E-state index is 12.9. The predicted molar refractivity (Wildman–Crippen MR) is 100 cm³/mol. The zero-order valence-electron chi connectivity index (χ0n) is 15.2. The molecule has 1 aromatic heterocycles. The van der Waals surface area contributed by atoms with E-state index in [2.05, 4.69) is 5.32 Å². The Morgan fingerprint density at radius 3 is 2.88 bits per heavy atom. The van der Waals surface area contributed by atoms with Crippen LogP contribution < -0.4 is 15.6 Å². The molecule has 2 aromatic rings. The number of rotatable bonds is 7. The summed E-state index contributed by atoms with van der Waals surface area (Å²) in [4.78, 5) is 24.4. The van der Waals surface area contributed by atoms with E-state index in [1.54, 1.807) is 11.7 Å². The second kappa shape index (κ2) is 8.19. The number of para-hydroxylation sites is 1. The minimum absolute atomic E-state index is 0.130. The van der Waals surface area contributed by atoms with Gasteiger partial charge in [0.1, 0.15) is 11.3 Å². The molecule has 26 heavy (non-hydrogen) atoms. The van der Waals surface area contributed by atoms with Gasteiger partial charge >= 0.3 is 0 Å². The molecule has 2 heterocycles. The number of aldehydes is 1. The molecule has 1 aliphatic heterocycles. The van der Waals surface area contributed by atoms with E-state index < -0.39 is 0 Å². The van der Waals surface area contributed by atoms with Crippen molar-refractivity contribution in [1.82, 2.24) is 4.57 Å². The van der Waals surface area contributed by atoms with Crippen molar-refractivity contribution in [3.63, 3.8) is 0 Å². The van der Waals surface area contributed by atoms with Crippen LogP contribution in [0.1, 0.15) is 34.5 Å². The Hall–Kier alpha value is -2.60. The lowest BCUT2D eigenvalue weighted by Gasteiger charge is -2.17. The molecular formula is C20H24N2O4. The zero-order valence-corrected chi connectivity index (χ0v) is 15.2. The number of hydrogen-bond acceptors (Lipinski definition) is 5. The molecule has 3 rings (SSSR count). The molecule has 0 bridgehead atoms. The van der Waals surface area contributed by atoms with Crippen molar-refractivity contribution in [2.75, 3.05) is 25.6 Å². The van der Waals surface area contributed by atoms with Gasteiger partial charge in [0.2, 0.25) is 0 Å². The molecule has 0 radical (unpaired) electrons. The van der Waals surface area contributed by atoms with Crippen LogP contribution >= 0.6 is 0 Å². The summed E-state index contributed by atoms with van der Waals surface area (Å²) in [6.07, 6.45) is 2.80. The molecule has 0 saturated carbocycles. The first-order valence-corrected chi connectivity index (χ1v) is 8.81. The smallest absolute Gasteiger partial charge is 0.263 e. The molecule has 6 nitrogen and oxygen atoms in total. The lowest BCUT2D eigenvalue weighted by atomic mass is 10.1. The van der Waals surface area contributed by atoms with Crippen molar-refractivity contribution in [1.29, 1.82) is 0 Å². The zero-order chi connectivity index (χ0) is 18.5. The number of carbonyl (C=O) groups excluding carboxylic acids is 1. The van der Waals surface area contributed by atoms with Crippen LogP contribution in [0.5, 0.6) is 5.75 Å². The van der Waals surface area contributed by atoms with Crippen molar-refractivity contribution < 1.29 is 14.3 Å². The maximum atomic E-state index is 12.9. The Bertz CT molecular complexity index is 838. The Balaban J connectivity index is 1.89. The number of anilines is 1. The van der Waals surface area contributed by atoms with E-state index in [-0.39, 0.29) is 17.2 Å². The van der Waals surface area contributed by atoms with Crippen molar-refractivity contribution >= 4 is 12.0 Å². The van der Waals surface area contributed by atoms with Crippen LogP contribution in [-0.2, 0) is 11.3 Å². The quantitative estimate of drug-likeness (QED) is 0.773. The first-order valence-electron chi connectivity index (χ1n) is 8.81. The molecule has 0 spiro atoms. The Kier molecular flexibility index (Phi) is 5.73. The highest BCUT2D eigenvalue weighted by Gasteiger charge is 2.18. The van der Waals surface area contributed by atoms with Crippen LogP contribution in [0.4, 0.5) is 5.69 Å². The number of nitrogens with one attached hydrogen (secondary N) is 1. The number of benzene rings is 1. The molecule has 1 N–H and O–H groups in total. The topological polar surface area (TPSA) is 69.6 Å². The van der Waals surface area contributed by atoms with Crippen LogP contribution in [0.2, 0.25) is 0 Å². The van der Waals surface area contributed by atoms with Gasteiger partial charge in [-0.15, -0.1) is 0 Å². The fourth-order valence-electron chi connectivity index (χ4n) is 3.28. The summed E-state index contributed by atoms with van der Waals surface area (Å²) < 4.78 is 12.5. The first kappa shape index (κ1) is 18.2. The highest BCUT2D eigenvalue weighted by atomic mass is 16.5. The molecule has 6 heteroatoms. The highest BCUT2D eigenvalue weighted by Crippen LogP contribution is 2.20. The second-order valence-corrected chi connectivity index (χ2v) is 6.45. The molecule has 1 atom stereocenters. The molecule has 1 aliphatic rings. The third kappa shape index (κ3) is 3.80. The Labute approximate surface area is 152 Å². The van der Waals surface area contributed by atoms with Gasteiger partial charge in [-0.25, -0.2) is 0 Å². The van der Waals surface area contributed by atoms with Crippen LogP contribution in [-0.4, -0.2) is 37.2 Å². The van der Waals surface area contributed by atoms with Crippen LogP contribution in [0.15, 0.2) is 35.1 Å². The lowest BCUT2D eigenvalue weighted by molar-refractivity contribution is 0.112. The standard InChI is InChI=1S/C20H24N2O4/c1-14-10-18(21-11-16-7-5-9-26-16)17(13-23)20(24)22(14)12-15-6-3-4-8-19(15)25-2/h3-4,6,8,10,13,16,21H,5,7,9,11-12H2,1-2H3/t16-/m0/s1. The SMILES string of the molecule is COc1ccccc1Cn1c(C)cc(NC[C@@H]2CCCO2)c(C=O)c1=O. The summed E-state index contributed by atoms with van der Waals surface area (Å²) in [5.41, 5.74) is 2.07. The fourth-order valence-corrected chi connectivity index (χ4v) is 3.28. The maximum Gasteiger partial charge on any atom is 0.263 e. The van der Waals surface area contributed by atoms with E-state index >= 15 is 0 Å². The van der Waals surface area contributed by atoms with Crippen molar-refractivity contribution in [2.45, 2.75) is 32.4 Å². The summed E-state index contributed by atoms with van der Waals surface area (Å²) >= 11 is 0. The highest BCUT2D eigenvalue weighted by molar-refractivity contribution is 5.83. The molecule has 1 fully saturated rings. The molecule has 0 aliphatic carbocycles. The van der Waals surface area contributed by atoms with E-state index in [1.807, 2.05) is 37.3 Å². The largest absolute Gasteiger partial charge is 0.496 e. The molecule has 0 amide bonds. The van der Waals surface area contributed by atoms with Gasteiger partial charge in [-0.1, -0.05) is 18.2 Å². The van der Waals surface area contributed by atoms with E-state index in [0.29, 0.717) is 30.8 Å². The van der Waals surface area contributed by atoms with Crippen LogP contribution in [0, 0.1) is 6.92 Å². The molecular weight excluding hydrogens is 332 g/mol. The monoisotopic (exact) mass is 356 g/mol. The summed E-state index contributed by atoms with van der Waals surface area (Å²) in [5, 5.41) is 3.21. The minimum atomic E-state index is -0.305. The van der Waals surface area contributed by atoms with Gasteiger partial charge in [-0.3, -0.25) is 9.59 Å². The van der Waals surface area contributed by atoms with E-state index in [9.17, 15) is 9.59 Å². The number of methoxy groups -OCH3 is 1. The Morgan fingerprint density at radius 2 is 2.19 bits per heavy atom. The van der Waals surface area contributed by atoms with Crippen molar-refractivity contribution in [3.8, 4) is 5.75 Å². The first-order chi connectivity index (χ1) is 12.6. The normalized spacial score (nSPS) is 16.5. The number of aryl methyl sites for hydroxylation is 1. The van der Waals surface area contributed by atoms with Crippen LogP contribution in [0.25, 0.3) is 0 Å². The number of hydrogen-bond donors (Lipinski definition) is 1. The number of aromatic nitrogens is 1. The summed E-state index contributed by atoms with van der Waals surface area (Å²) in [6.45, 7) is 3.58. The number of nitrogens with zero attached hydrogens (tertiary/aromatic N) is 1. The van der Waals surface area contributed by atoms with Gasteiger partial charge in [0, 0.05) is 24.4 Å². The average Bonchev–Trinajstić information content (AvgIpc) is 3.17. The van der Waals surface area contributed by atoms with Gasteiger partial charge in [0.15, 0.2) is 6.29 Å². The molecule has 1 aromatic carbocycles. The molecule has 138 valence electrons. The van der Waals surface area contributed by atoms with E-state index in [1.165, 1.54) is 0 Å². The predicted octanol–water partition coefficient (Wildman–Crippen LogP) is 2.62. The van der Waals surface area contributed by atoms with E-state index in [4.69, 9.17) is 9.47 Å². The van der Waals surface area contributed by atoms with Gasteiger partial charge < -0.3 is 19.4 Å². The summed E-state index contributed by atoms with van der Waals surface area (Å²) in [7, 11) is 1.60. The van der Waals surface area contributed by atoms with Gasteiger partial charge in [0.05, 0.1) is 25.4 Å². The third-order valence-corrected chi connectivity index (χ3v) is 4.73. The van der Waals surface area contributed by atoms with E-state index in [0.717, 1.165) is 30.7 Å². The van der Waals surface area contributed by atoms with Crippen molar-refractivity contribution in [2.24, 2.45) is 0 Å². The van der Waals surface area contributed by atoms with Crippen LogP contribution in [0.3, 0.4) is 0 Å². The number of pyridine rings is 1. The lowest BCUT2D eigenvalue weighted by Crippen LogP contribution is -2.29. The second-order valence-electron chi connectivity index (χ2n) is 6.45. The van der Waals surface area contributed by atoms with Gasteiger partial charge in [0.25, 0.3) is 5.56 Å². The van der Waals surface area contributed by atoms with Crippen molar-refractivity contribution in [3.05, 3.63) is 57.5 Å². The fraction of sp³-hybridized carbons (Fsp3) is 0.400. The number of ether oxygens (including phenoxy) is 2. The Morgan fingerprint density at radius 1 is 1.38 bits per heavy atom. The minimum Gasteiger partial charge on any atom is -0.496 e. The third-order valence-electron chi connectivity index (χ3n) is 4.73. The van der Waals surface area contributed by atoms with Gasteiger partial charge in [-0.2, -0.15) is 0 Å². The number of carbonyl (C=O) groups is 1. The molecule has 0 unspecified atom stereocenters. The average molecular weight is 356 g/mol. The molecule has 1 saturated heterocycles.